The second kappa shape index (κ2) is 6.53. The molecule has 1 saturated heterocycles. The zero-order valence-corrected chi connectivity index (χ0v) is 12.6. The normalized spacial score (nSPS) is 40.7. The van der Waals surface area contributed by atoms with Gasteiger partial charge in [-0.05, 0) is 18.8 Å². The summed E-state index contributed by atoms with van der Waals surface area (Å²) in [7, 11) is 3.51. The van der Waals surface area contributed by atoms with E-state index in [2.05, 4.69) is 11.8 Å². The molecule has 1 N–H and O–H groups in total. The molecule has 2 fully saturated rings. The molecule has 4 nitrogen and oxygen atoms in total. The molecule has 0 amide bonds. The maximum Gasteiger partial charge on any atom is 0.0971 e. The van der Waals surface area contributed by atoms with Crippen LogP contribution < -0.4 is 0 Å². The molecule has 0 aromatic carbocycles. The molecule has 19 heavy (non-hydrogen) atoms. The lowest BCUT2D eigenvalue weighted by Gasteiger charge is -2.40. The van der Waals surface area contributed by atoms with Crippen molar-refractivity contribution in [2.45, 2.75) is 44.8 Å². The Morgan fingerprint density at radius 1 is 1.11 bits per heavy atom. The molecular weight excluding hydrogens is 242 g/mol. The smallest absolute Gasteiger partial charge is 0.0971 e. The summed E-state index contributed by atoms with van der Waals surface area (Å²) < 4.78 is 11.0. The molecule has 1 aliphatic heterocycles. The topological polar surface area (TPSA) is 41.9 Å². The van der Waals surface area contributed by atoms with Gasteiger partial charge in [-0.2, -0.15) is 0 Å². The Balaban J connectivity index is 1.92. The van der Waals surface area contributed by atoms with Crippen LogP contribution in [0.15, 0.2) is 0 Å². The number of aliphatic hydroxyl groups excluding tert-OH is 1. The Morgan fingerprint density at radius 2 is 1.63 bits per heavy atom. The van der Waals surface area contributed by atoms with Crippen molar-refractivity contribution in [3.05, 3.63) is 0 Å². The van der Waals surface area contributed by atoms with Gasteiger partial charge in [-0.25, -0.2) is 0 Å². The zero-order chi connectivity index (χ0) is 13.9. The molecule has 0 radical (unpaired) electrons. The summed E-state index contributed by atoms with van der Waals surface area (Å²) in [5, 5.41) is 9.85. The Labute approximate surface area is 117 Å². The highest BCUT2D eigenvalue weighted by atomic mass is 16.5. The van der Waals surface area contributed by atoms with Crippen molar-refractivity contribution >= 4 is 0 Å². The first kappa shape index (κ1) is 15.2. The van der Waals surface area contributed by atoms with Crippen LogP contribution in [0.4, 0.5) is 0 Å². The molecule has 0 aromatic heterocycles. The molecule has 1 aliphatic carbocycles. The molecule has 2 aliphatic rings. The third-order valence-corrected chi connectivity index (χ3v) is 5.13. The fourth-order valence-corrected chi connectivity index (χ4v) is 3.62. The SMILES string of the molecule is COC1CN(CC2(CO)CCC(C)CC2)CC1OC. The Hall–Kier alpha value is -0.160. The number of nitrogens with zero attached hydrogens (tertiary/aromatic N) is 1. The molecule has 112 valence electrons. The third kappa shape index (κ3) is 3.48. The van der Waals surface area contributed by atoms with E-state index in [4.69, 9.17) is 9.47 Å². The number of methoxy groups -OCH3 is 2. The molecule has 2 unspecified atom stereocenters. The second-order valence-corrected chi connectivity index (χ2v) is 6.58. The fourth-order valence-electron chi connectivity index (χ4n) is 3.62. The van der Waals surface area contributed by atoms with Gasteiger partial charge in [0.2, 0.25) is 0 Å². The van der Waals surface area contributed by atoms with E-state index in [1.54, 1.807) is 14.2 Å². The number of hydrogen-bond donors (Lipinski definition) is 1. The third-order valence-electron chi connectivity index (χ3n) is 5.13. The van der Waals surface area contributed by atoms with E-state index < -0.39 is 0 Å². The number of ether oxygens (including phenoxy) is 2. The maximum atomic E-state index is 9.85. The minimum atomic E-state index is 0.105. The van der Waals surface area contributed by atoms with E-state index >= 15 is 0 Å². The van der Waals surface area contributed by atoms with Crippen molar-refractivity contribution in [1.29, 1.82) is 0 Å². The molecule has 2 atom stereocenters. The molecular formula is C15H29NO3. The molecule has 0 aromatic rings. The van der Waals surface area contributed by atoms with Gasteiger partial charge in [-0.15, -0.1) is 0 Å². The van der Waals surface area contributed by atoms with Crippen LogP contribution in [0.2, 0.25) is 0 Å². The standard InChI is InChI=1S/C15H29NO3/c1-12-4-6-15(11-17,7-5-12)10-16-8-13(18-2)14(9-16)19-3/h12-14,17H,4-11H2,1-3H3. The molecule has 4 heteroatoms. The first-order valence-corrected chi connectivity index (χ1v) is 7.51. The van der Waals surface area contributed by atoms with Crippen LogP contribution in [0.3, 0.4) is 0 Å². The average Bonchev–Trinajstić information content (AvgIpc) is 2.83. The Bertz CT molecular complexity index is 265. The average molecular weight is 271 g/mol. The van der Waals surface area contributed by atoms with Crippen molar-refractivity contribution in [2.24, 2.45) is 11.3 Å². The lowest BCUT2D eigenvalue weighted by Crippen LogP contribution is -2.42. The highest BCUT2D eigenvalue weighted by Crippen LogP contribution is 2.39. The minimum Gasteiger partial charge on any atom is -0.396 e. The molecule has 0 bridgehead atoms. The summed E-state index contributed by atoms with van der Waals surface area (Å²) in [5.41, 5.74) is 0.105. The zero-order valence-electron chi connectivity index (χ0n) is 12.6. The van der Waals surface area contributed by atoms with Crippen molar-refractivity contribution < 1.29 is 14.6 Å². The van der Waals surface area contributed by atoms with Crippen LogP contribution in [0, 0.1) is 11.3 Å². The highest BCUT2D eigenvalue weighted by molar-refractivity contribution is 4.92. The van der Waals surface area contributed by atoms with E-state index in [0.29, 0.717) is 6.61 Å². The number of hydrogen-bond acceptors (Lipinski definition) is 4. The van der Waals surface area contributed by atoms with Crippen molar-refractivity contribution in [3.8, 4) is 0 Å². The van der Waals surface area contributed by atoms with Gasteiger partial charge < -0.3 is 14.6 Å². The van der Waals surface area contributed by atoms with Crippen LogP contribution in [0.1, 0.15) is 32.6 Å². The van der Waals surface area contributed by atoms with Gasteiger partial charge in [0.15, 0.2) is 0 Å². The summed E-state index contributed by atoms with van der Waals surface area (Å²) in [6, 6.07) is 0. The van der Waals surface area contributed by atoms with Crippen LogP contribution >= 0.6 is 0 Å². The van der Waals surface area contributed by atoms with Crippen LogP contribution in [-0.4, -0.2) is 62.7 Å². The van der Waals surface area contributed by atoms with Crippen molar-refractivity contribution in [2.75, 3.05) is 40.5 Å². The lowest BCUT2D eigenvalue weighted by atomic mass is 9.71. The van der Waals surface area contributed by atoms with Gasteiger partial charge in [0.25, 0.3) is 0 Å². The number of rotatable bonds is 5. The Morgan fingerprint density at radius 3 is 2.05 bits per heavy atom. The number of likely N-dealkylation sites (tertiary alicyclic amines) is 1. The molecule has 1 saturated carbocycles. The maximum absolute atomic E-state index is 9.85. The summed E-state index contributed by atoms with van der Waals surface area (Å²) >= 11 is 0. The monoisotopic (exact) mass is 271 g/mol. The lowest BCUT2D eigenvalue weighted by molar-refractivity contribution is -0.00461. The number of aliphatic hydroxyl groups is 1. The first-order valence-electron chi connectivity index (χ1n) is 7.51. The predicted octanol–water partition coefficient (Wildman–Crippen LogP) is 1.52. The summed E-state index contributed by atoms with van der Waals surface area (Å²) in [4.78, 5) is 2.41. The van der Waals surface area contributed by atoms with Crippen LogP contribution in [-0.2, 0) is 9.47 Å². The largest absolute Gasteiger partial charge is 0.396 e. The molecule has 0 spiro atoms. The van der Waals surface area contributed by atoms with Gasteiger partial charge in [-0.1, -0.05) is 19.8 Å². The van der Waals surface area contributed by atoms with E-state index in [0.717, 1.165) is 38.4 Å². The first-order chi connectivity index (χ1) is 9.12. The molecule has 1 heterocycles. The van der Waals surface area contributed by atoms with Crippen molar-refractivity contribution in [1.82, 2.24) is 4.90 Å². The fraction of sp³-hybridized carbons (Fsp3) is 1.00. The van der Waals surface area contributed by atoms with Crippen molar-refractivity contribution in [3.63, 3.8) is 0 Å². The van der Waals surface area contributed by atoms with Gasteiger partial charge in [0, 0.05) is 45.9 Å². The van der Waals surface area contributed by atoms with Gasteiger partial charge in [0.1, 0.15) is 0 Å². The van der Waals surface area contributed by atoms with E-state index in [9.17, 15) is 5.11 Å². The minimum absolute atomic E-state index is 0.105. The van der Waals surface area contributed by atoms with E-state index in [1.165, 1.54) is 12.8 Å². The van der Waals surface area contributed by atoms with Gasteiger partial charge in [-0.3, -0.25) is 4.90 Å². The highest BCUT2D eigenvalue weighted by Gasteiger charge is 2.40. The second-order valence-electron chi connectivity index (χ2n) is 6.58. The summed E-state index contributed by atoms with van der Waals surface area (Å²) in [6.45, 7) is 5.46. The van der Waals surface area contributed by atoms with E-state index in [1.807, 2.05) is 0 Å². The quantitative estimate of drug-likeness (QED) is 0.823. The Kier molecular flexibility index (Phi) is 5.23. The van der Waals surface area contributed by atoms with Crippen LogP contribution in [0.5, 0.6) is 0 Å². The summed E-state index contributed by atoms with van der Waals surface area (Å²) in [5.74, 6) is 0.816. The van der Waals surface area contributed by atoms with Gasteiger partial charge in [0.05, 0.1) is 12.2 Å². The van der Waals surface area contributed by atoms with Crippen LogP contribution in [0.25, 0.3) is 0 Å². The summed E-state index contributed by atoms with van der Waals surface area (Å²) in [6.07, 6.45) is 5.13. The van der Waals surface area contributed by atoms with E-state index in [-0.39, 0.29) is 17.6 Å². The predicted molar refractivity (Wildman–Crippen MR) is 75.2 cm³/mol. The molecule has 2 rings (SSSR count). The van der Waals surface area contributed by atoms with Gasteiger partial charge >= 0.3 is 0 Å².